The van der Waals surface area contributed by atoms with Crippen LogP contribution in [-0.2, 0) is 0 Å². The van der Waals surface area contributed by atoms with Crippen LogP contribution in [0.25, 0.3) is 22.5 Å². The summed E-state index contributed by atoms with van der Waals surface area (Å²) in [6.45, 7) is 0. The largest absolute Gasteiger partial charge is 0.476 e. The summed E-state index contributed by atoms with van der Waals surface area (Å²) in [5, 5.41) is 9.53. The van der Waals surface area contributed by atoms with Crippen LogP contribution in [0, 0.1) is 5.82 Å². The fourth-order valence-electron chi connectivity index (χ4n) is 1.71. The van der Waals surface area contributed by atoms with Gasteiger partial charge >= 0.3 is 5.97 Å². The number of nitrogens with one attached hydrogen (secondary N) is 1. The van der Waals surface area contributed by atoms with Gasteiger partial charge in [-0.25, -0.2) is 14.2 Å². The Hall–Kier alpha value is -2.63. The molecule has 0 aliphatic rings. The number of carboxylic acid groups (broad SMARTS) is 1. The second kappa shape index (κ2) is 3.69. The van der Waals surface area contributed by atoms with Crippen molar-refractivity contribution in [1.82, 2.24) is 9.97 Å². The third-order valence-corrected chi connectivity index (χ3v) is 2.54. The average molecular weight is 246 g/mol. The molecule has 3 aromatic rings. The monoisotopic (exact) mass is 246 g/mol. The number of benzene rings is 1. The molecule has 0 saturated heterocycles. The smallest absolute Gasteiger partial charge is 0.357 e. The predicted molar refractivity (Wildman–Crippen MR) is 60.7 cm³/mol. The number of hydrogen-bond donors (Lipinski definition) is 2. The Kier molecular flexibility index (Phi) is 2.16. The van der Waals surface area contributed by atoms with Crippen molar-refractivity contribution in [2.75, 3.05) is 0 Å². The summed E-state index contributed by atoms with van der Waals surface area (Å²) < 4.78 is 18.1. The summed E-state index contributed by atoms with van der Waals surface area (Å²) in [7, 11) is 0. The SMILES string of the molecule is O=C(O)c1coc(-c2cc3ccc(F)cc3[nH]2)n1. The van der Waals surface area contributed by atoms with E-state index in [1.807, 2.05) is 0 Å². The molecule has 2 aromatic heterocycles. The van der Waals surface area contributed by atoms with E-state index in [9.17, 15) is 9.18 Å². The van der Waals surface area contributed by atoms with E-state index in [0.717, 1.165) is 11.6 Å². The molecule has 0 unspecified atom stereocenters. The number of carbonyl (C=O) groups is 1. The Bertz CT molecular complexity index is 745. The predicted octanol–water partition coefficient (Wildman–Crippen LogP) is 2.66. The van der Waals surface area contributed by atoms with E-state index < -0.39 is 5.97 Å². The van der Waals surface area contributed by atoms with Gasteiger partial charge in [0.1, 0.15) is 17.8 Å². The molecule has 0 saturated carbocycles. The number of H-pyrrole nitrogens is 1. The van der Waals surface area contributed by atoms with Crippen LogP contribution in [0.15, 0.2) is 34.9 Å². The number of aromatic carboxylic acids is 1. The van der Waals surface area contributed by atoms with Crippen LogP contribution < -0.4 is 0 Å². The molecule has 5 nitrogen and oxygen atoms in total. The maximum absolute atomic E-state index is 13.0. The molecule has 1 aromatic carbocycles. The molecule has 0 aliphatic carbocycles. The van der Waals surface area contributed by atoms with Gasteiger partial charge in [-0.05, 0) is 24.3 Å². The Morgan fingerprint density at radius 2 is 2.22 bits per heavy atom. The van der Waals surface area contributed by atoms with Crippen molar-refractivity contribution in [2.45, 2.75) is 0 Å². The summed E-state index contributed by atoms with van der Waals surface area (Å²) in [6, 6.07) is 6.02. The van der Waals surface area contributed by atoms with Crippen molar-refractivity contribution in [3.05, 3.63) is 42.0 Å². The number of hydrogen-bond acceptors (Lipinski definition) is 3. The maximum atomic E-state index is 13.0. The van der Waals surface area contributed by atoms with Crippen LogP contribution in [0.5, 0.6) is 0 Å². The van der Waals surface area contributed by atoms with Crippen molar-refractivity contribution in [2.24, 2.45) is 0 Å². The molecular weight excluding hydrogens is 239 g/mol. The highest BCUT2D eigenvalue weighted by Gasteiger charge is 2.13. The van der Waals surface area contributed by atoms with E-state index in [1.165, 1.54) is 12.1 Å². The number of rotatable bonds is 2. The molecule has 2 heterocycles. The molecule has 0 radical (unpaired) electrons. The fraction of sp³-hybridized carbons (Fsp3) is 0. The van der Waals surface area contributed by atoms with Crippen LogP contribution in [0.3, 0.4) is 0 Å². The third kappa shape index (κ3) is 1.64. The van der Waals surface area contributed by atoms with Gasteiger partial charge in [-0.2, -0.15) is 0 Å². The second-order valence-corrected chi connectivity index (χ2v) is 3.76. The number of aromatic nitrogens is 2. The number of carboxylic acids is 1. The molecule has 6 heteroatoms. The van der Waals surface area contributed by atoms with Gasteiger partial charge in [0.15, 0.2) is 5.69 Å². The minimum Gasteiger partial charge on any atom is -0.476 e. The lowest BCUT2D eigenvalue weighted by atomic mass is 10.2. The van der Waals surface area contributed by atoms with E-state index in [2.05, 4.69) is 9.97 Å². The Morgan fingerprint density at radius 3 is 2.94 bits per heavy atom. The molecule has 0 bridgehead atoms. The number of oxazole rings is 1. The van der Waals surface area contributed by atoms with Gasteiger partial charge in [0.2, 0.25) is 5.89 Å². The Balaban J connectivity index is 2.10. The van der Waals surface area contributed by atoms with Crippen molar-refractivity contribution < 1.29 is 18.7 Å². The first-order valence-electron chi connectivity index (χ1n) is 5.11. The lowest BCUT2D eigenvalue weighted by molar-refractivity contribution is 0.0690. The van der Waals surface area contributed by atoms with E-state index in [0.29, 0.717) is 11.2 Å². The molecule has 0 spiro atoms. The molecule has 0 atom stereocenters. The normalized spacial score (nSPS) is 10.9. The molecule has 0 aliphatic heterocycles. The van der Waals surface area contributed by atoms with Gasteiger partial charge in [-0.15, -0.1) is 0 Å². The maximum Gasteiger partial charge on any atom is 0.357 e. The molecule has 0 fully saturated rings. The highest BCUT2D eigenvalue weighted by Crippen LogP contribution is 2.24. The number of nitrogens with zero attached hydrogens (tertiary/aromatic N) is 1. The zero-order chi connectivity index (χ0) is 12.7. The number of halogens is 1. The van der Waals surface area contributed by atoms with Crippen molar-refractivity contribution in [3.63, 3.8) is 0 Å². The highest BCUT2D eigenvalue weighted by molar-refractivity contribution is 5.87. The first-order valence-corrected chi connectivity index (χ1v) is 5.11. The number of aromatic amines is 1. The summed E-state index contributed by atoms with van der Waals surface area (Å²) in [4.78, 5) is 17.4. The molecule has 0 amide bonds. The van der Waals surface area contributed by atoms with Crippen molar-refractivity contribution >= 4 is 16.9 Å². The fourth-order valence-corrected chi connectivity index (χ4v) is 1.71. The van der Waals surface area contributed by atoms with Crippen LogP contribution in [-0.4, -0.2) is 21.0 Å². The van der Waals surface area contributed by atoms with E-state index in [4.69, 9.17) is 9.52 Å². The lowest BCUT2D eigenvalue weighted by Gasteiger charge is -1.88. The van der Waals surface area contributed by atoms with E-state index >= 15 is 0 Å². The van der Waals surface area contributed by atoms with E-state index in [1.54, 1.807) is 12.1 Å². The zero-order valence-corrected chi connectivity index (χ0v) is 8.98. The first-order chi connectivity index (χ1) is 8.63. The molecule has 90 valence electrons. The van der Waals surface area contributed by atoms with Gasteiger partial charge in [0, 0.05) is 10.9 Å². The number of fused-ring (bicyclic) bond motifs is 1. The molecule has 3 rings (SSSR count). The average Bonchev–Trinajstić information content (AvgIpc) is 2.93. The summed E-state index contributed by atoms with van der Waals surface area (Å²) in [5.74, 6) is -1.36. The zero-order valence-electron chi connectivity index (χ0n) is 8.98. The Morgan fingerprint density at radius 1 is 1.39 bits per heavy atom. The minimum absolute atomic E-state index is 0.156. The molecule has 18 heavy (non-hydrogen) atoms. The quantitative estimate of drug-likeness (QED) is 0.728. The van der Waals surface area contributed by atoms with Gasteiger partial charge in [0.25, 0.3) is 0 Å². The third-order valence-electron chi connectivity index (χ3n) is 2.54. The Labute approximate surface area is 99.9 Å². The van der Waals surface area contributed by atoms with Crippen LogP contribution in [0.2, 0.25) is 0 Å². The molecular formula is C12H7FN2O3. The van der Waals surface area contributed by atoms with E-state index in [-0.39, 0.29) is 17.4 Å². The van der Waals surface area contributed by atoms with Crippen LogP contribution in [0.4, 0.5) is 4.39 Å². The first kappa shape index (κ1) is 10.5. The van der Waals surface area contributed by atoms with Gasteiger partial charge in [-0.3, -0.25) is 0 Å². The summed E-state index contributed by atoms with van der Waals surface area (Å²) in [5.41, 5.74) is 0.929. The van der Waals surface area contributed by atoms with Crippen molar-refractivity contribution in [3.8, 4) is 11.6 Å². The molecule has 2 N–H and O–H groups in total. The standard InChI is InChI=1S/C12H7FN2O3/c13-7-2-1-6-3-9(14-8(6)4-7)11-15-10(5-18-11)12(16)17/h1-5,14H,(H,16,17). The minimum atomic E-state index is -1.16. The summed E-state index contributed by atoms with van der Waals surface area (Å²) in [6.07, 6.45) is 1.06. The van der Waals surface area contributed by atoms with Gasteiger partial charge in [-0.1, -0.05) is 0 Å². The highest BCUT2D eigenvalue weighted by atomic mass is 19.1. The summed E-state index contributed by atoms with van der Waals surface area (Å²) >= 11 is 0. The van der Waals surface area contributed by atoms with Gasteiger partial charge < -0.3 is 14.5 Å². The van der Waals surface area contributed by atoms with Crippen LogP contribution in [0.1, 0.15) is 10.5 Å². The van der Waals surface area contributed by atoms with Crippen molar-refractivity contribution in [1.29, 1.82) is 0 Å². The lowest BCUT2D eigenvalue weighted by Crippen LogP contribution is -1.95. The topological polar surface area (TPSA) is 79.1 Å². The van der Waals surface area contributed by atoms with Gasteiger partial charge in [0.05, 0.1) is 0 Å². The second-order valence-electron chi connectivity index (χ2n) is 3.76. The van der Waals surface area contributed by atoms with Crippen LogP contribution >= 0.6 is 0 Å².